The first kappa shape index (κ1) is 11.5. The number of aryl methyl sites for hydroxylation is 1. The van der Waals surface area contributed by atoms with E-state index in [9.17, 15) is 22.8 Å². The molecular formula is C9H8F3N3O2. The van der Waals surface area contributed by atoms with Crippen LogP contribution >= 0.6 is 0 Å². The summed E-state index contributed by atoms with van der Waals surface area (Å²) in [5.41, 5.74) is 0.207. The molecule has 0 aliphatic carbocycles. The Balaban J connectivity index is 2.46. The Morgan fingerprint density at radius 2 is 2.12 bits per heavy atom. The van der Waals surface area contributed by atoms with Crippen LogP contribution in [0.5, 0.6) is 0 Å². The third-order valence-electron chi connectivity index (χ3n) is 2.48. The van der Waals surface area contributed by atoms with Crippen molar-refractivity contribution in [3.05, 3.63) is 11.9 Å². The number of nitrogens with zero attached hydrogens (tertiary/aromatic N) is 1. The van der Waals surface area contributed by atoms with Gasteiger partial charge in [-0.15, -0.1) is 0 Å². The van der Waals surface area contributed by atoms with E-state index in [1.807, 2.05) is 5.32 Å². The monoisotopic (exact) mass is 247 g/mol. The molecule has 1 aromatic rings. The fourth-order valence-corrected chi connectivity index (χ4v) is 1.68. The molecule has 8 heteroatoms. The third-order valence-corrected chi connectivity index (χ3v) is 2.48. The minimum atomic E-state index is -4.71. The van der Waals surface area contributed by atoms with Crippen molar-refractivity contribution in [2.75, 3.05) is 10.6 Å². The quantitative estimate of drug-likeness (QED) is 0.731. The molecule has 1 aromatic heterocycles. The van der Waals surface area contributed by atoms with Crippen molar-refractivity contribution in [1.82, 2.24) is 4.57 Å². The Morgan fingerprint density at radius 1 is 1.47 bits per heavy atom. The average Bonchev–Trinajstić information content (AvgIpc) is 2.49. The predicted molar refractivity (Wildman–Crippen MR) is 52.9 cm³/mol. The molecule has 17 heavy (non-hydrogen) atoms. The molecule has 0 radical (unpaired) electrons. The highest BCUT2D eigenvalue weighted by Crippen LogP contribution is 2.35. The summed E-state index contributed by atoms with van der Waals surface area (Å²) in [6.45, 7) is 0. The molecule has 0 saturated carbocycles. The molecule has 2 heterocycles. The van der Waals surface area contributed by atoms with Crippen molar-refractivity contribution >= 4 is 23.6 Å². The van der Waals surface area contributed by atoms with Gasteiger partial charge >= 0.3 is 6.18 Å². The predicted octanol–water partition coefficient (Wildman–Crippen LogP) is 1.13. The SMILES string of the molecule is Cn1cc2c(c1C=O)NC(C(F)(F)F)C(=O)N2. The molecule has 0 fully saturated rings. The Morgan fingerprint density at radius 3 is 2.65 bits per heavy atom. The van der Waals surface area contributed by atoms with E-state index < -0.39 is 18.1 Å². The zero-order valence-corrected chi connectivity index (χ0v) is 8.63. The summed E-state index contributed by atoms with van der Waals surface area (Å²) in [5.74, 6) is -1.19. The summed E-state index contributed by atoms with van der Waals surface area (Å²) in [7, 11) is 1.50. The van der Waals surface area contributed by atoms with Crippen LogP contribution < -0.4 is 10.6 Å². The average molecular weight is 247 g/mol. The molecule has 0 saturated heterocycles. The van der Waals surface area contributed by atoms with Crippen LogP contribution in [0.2, 0.25) is 0 Å². The molecular weight excluding hydrogens is 239 g/mol. The van der Waals surface area contributed by atoms with Gasteiger partial charge in [-0.05, 0) is 0 Å². The second-order valence-corrected chi connectivity index (χ2v) is 3.64. The van der Waals surface area contributed by atoms with Gasteiger partial charge in [0.05, 0.1) is 11.4 Å². The molecule has 1 aliphatic rings. The minimum Gasteiger partial charge on any atom is -0.363 e. The van der Waals surface area contributed by atoms with Gasteiger partial charge in [0, 0.05) is 13.2 Å². The van der Waals surface area contributed by atoms with Crippen molar-refractivity contribution in [2.45, 2.75) is 12.2 Å². The highest BCUT2D eigenvalue weighted by Gasteiger charge is 2.48. The third kappa shape index (κ3) is 1.75. The number of hydrogen-bond donors (Lipinski definition) is 2. The standard InChI is InChI=1S/C9H8F3N3O2/c1-15-2-4-6(5(15)3-16)14-7(8(17)13-4)9(10,11)12/h2-3,7,14H,1H3,(H,13,17). The van der Waals surface area contributed by atoms with Gasteiger partial charge in [0.2, 0.25) is 6.04 Å². The largest absolute Gasteiger partial charge is 0.417 e. The summed E-state index contributed by atoms with van der Waals surface area (Å²) in [5, 5.41) is 4.15. The van der Waals surface area contributed by atoms with E-state index in [-0.39, 0.29) is 17.1 Å². The van der Waals surface area contributed by atoms with Crippen LogP contribution in [0, 0.1) is 0 Å². The number of aromatic nitrogens is 1. The topological polar surface area (TPSA) is 63.1 Å². The summed E-state index contributed by atoms with van der Waals surface area (Å²) in [6.07, 6.45) is -2.91. The van der Waals surface area contributed by atoms with Crippen LogP contribution in [-0.2, 0) is 11.8 Å². The summed E-state index contributed by atoms with van der Waals surface area (Å²) >= 11 is 0. The van der Waals surface area contributed by atoms with Gasteiger partial charge in [0.1, 0.15) is 5.69 Å². The van der Waals surface area contributed by atoms with Crippen LogP contribution in [0.3, 0.4) is 0 Å². The van der Waals surface area contributed by atoms with E-state index in [1.165, 1.54) is 17.8 Å². The van der Waals surface area contributed by atoms with Crippen LogP contribution in [0.1, 0.15) is 10.5 Å². The Bertz CT molecular complexity index is 492. The van der Waals surface area contributed by atoms with Crippen molar-refractivity contribution in [2.24, 2.45) is 7.05 Å². The molecule has 0 spiro atoms. The zero-order chi connectivity index (χ0) is 12.8. The lowest BCUT2D eigenvalue weighted by Crippen LogP contribution is -2.48. The van der Waals surface area contributed by atoms with E-state index in [1.54, 1.807) is 0 Å². The van der Waals surface area contributed by atoms with Gasteiger partial charge in [-0.25, -0.2) is 0 Å². The van der Waals surface area contributed by atoms with Crippen LogP contribution in [0.25, 0.3) is 0 Å². The Hall–Kier alpha value is -1.99. The van der Waals surface area contributed by atoms with Gasteiger partial charge < -0.3 is 15.2 Å². The molecule has 1 aliphatic heterocycles. The van der Waals surface area contributed by atoms with E-state index >= 15 is 0 Å². The van der Waals surface area contributed by atoms with Gasteiger partial charge in [-0.3, -0.25) is 9.59 Å². The number of hydrogen-bond acceptors (Lipinski definition) is 3. The van der Waals surface area contributed by atoms with E-state index in [0.29, 0.717) is 6.29 Å². The smallest absolute Gasteiger partial charge is 0.363 e. The van der Waals surface area contributed by atoms with E-state index in [2.05, 4.69) is 5.32 Å². The summed E-state index contributed by atoms with van der Waals surface area (Å²) < 4.78 is 38.9. The number of alkyl halides is 3. The summed E-state index contributed by atoms with van der Waals surface area (Å²) in [6, 6.07) is -2.34. The maximum absolute atomic E-state index is 12.5. The van der Waals surface area contributed by atoms with Gasteiger partial charge in [-0.2, -0.15) is 13.2 Å². The number of fused-ring (bicyclic) bond motifs is 1. The van der Waals surface area contributed by atoms with Crippen molar-refractivity contribution in [1.29, 1.82) is 0 Å². The number of carbonyl (C=O) groups is 2. The van der Waals surface area contributed by atoms with Crippen LogP contribution in [0.15, 0.2) is 6.20 Å². The molecule has 5 nitrogen and oxygen atoms in total. The van der Waals surface area contributed by atoms with Crippen LogP contribution in [-0.4, -0.2) is 29.0 Å². The molecule has 1 unspecified atom stereocenters. The van der Waals surface area contributed by atoms with Crippen molar-refractivity contribution in [3.8, 4) is 0 Å². The second-order valence-electron chi connectivity index (χ2n) is 3.64. The minimum absolute atomic E-state index is 0.00979. The highest BCUT2D eigenvalue weighted by molar-refractivity contribution is 6.06. The molecule has 2 rings (SSSR count). The first-order chi connectivity index (χ1) is 7.84. The number of rotatable bonds is 1. The zero-order valence-electron chi connectivity index (χ0n) is 8.63. The Kier molecular flexibility index (Phi) is 2.37. The molecule has 1 amide bonds. The van der Waals surface area contributed by atoms with Gasteiger partial charge in [-0.1, -0.05) is 0 Å². The lowest BCUT2D eigenvalue weighted by atomic mass is 10.1. The number of nitrogens with one attached hydrogen (secondary N) is 2. The lowest BCUT2D eigenvalue weighted by Gasteiger charge is -2.26. The van der Waals surface area contributed by atoms with Crippen molar-refractivity contribution in [3.63, 3.8) is 0 Å². The maximum Gasteiger partial charge on any atom is 0.417 e. The van der Waals surface area contributed by atoms with Gasteiger partial charge in [0.15, 0.2) is 6.29 Å². The molecule has 1 atom stereocenters. The number of anilines is 2. The molecule has 92 valence electrons. The highest BCUT2D eigenvalue weighted by atomic mass is 19.4. The number of halogens is 3. The van der Waals surface area contributed by atoms with Crippen LogP contribution in [0.4, 0.5) is 24.5 Å². The van der Waals surface area contributed by atoms with E-state index in [4.69, 9.17) is 0 Å². The number of carbonyl (C=O) groups excluding carboxylic acids is 2. The molecule has 2 N–H and O–H groups in total. The first-order valence-electron chi connectivity index (χ1n) is 4.63. The number of amides is 1. The fourth-order valence-electron chi connectivity index (χ4n) is 1.68. The summed E-state index contributed by atoms with van der Waals surface area (Å²) in [4.78, 5) is 22.0. The lowest BCUT2D eigenvalue weighted by molar-refractivity contribution is -0.156. The normalized spacial score (nSPS) is 19.3. The molecule has 0 bridgehead atoms. The van der Waals surface area contributed by atoms with Crippen molar-refractivity contribution < 1.29 is 22.8 Å². The second kappa shape index (κ2) is 3.51. The fraction of sp³-hybridized carbons (Fsp3) is 0.333. The first-order valence-corrected chi connectivity index (χ1v) is 4.63. The Labute approximate surface area is 93.6 Å². The van der Waals surface area contributed by atoms with E-state index in [0.717, 1.165) is 0 Å². The maximum atomic E-state index is 12.5. The number of aldehydes is 1. The molecule has 0 aromatic carbocycles. The van der Waals surface area contributed by atoms with Gasteiger partial charge in [0.25, 0.3) is 5.91 Å².